The van der Waals surface area contributed by atoms with Crippen LogP contribution in [0.2, 0.25) is 0 Å². The molecule has 1 heterocycles. The summed E-state index contributed by atoms with van der Waals surface area (Å²) in [6, 6.07) is -0.559. The fourth-order valence-electron chi connectivity index (χ4n) is 2.90. The second-order valence-corrected chi connectivity index (χ2v) is 5.17. The quantitative estimate of drug-likeness (QED) is 0.671. The van der Waals surface area contributed by atoms with E-state index in [1.807, 2.05) is 0 Å². The summed E-state index contributed by atoms with van der Waals surface area (Å²) >= 11 is 0. The minimum atomic E-state index is -0.992. The fraction of sp³-hybridized carbons (Fsp3) is 0.833. The Morgan fingerprint density at radius 3 is 2.71 bits per heavy atom. The van der Waals surface area contributed by atoms with E-state index in [4.69, 9.17) is 5.11 Å². The number of hydrogen-bond donors (Lipinski definition) is 3. The summed E-state index contributed by atoms with van der Waals surface area (Å²) in [5.41, 5.74) is 0. The maximum Gasteiger partial charge on any atom is 0.325 e. The van der Waals surface area contributed by atoms with Gasteiger partial charge in [-0.3, -0.25) is 9.59 Å². The Bertz CT molecular complexity index is 305. The van der Waals surface area contributed by atoms with Crippen LogP contribution in [0.25, 0.3) is 0 Å². The molecule has 2 aliphatic rings. The summed E-state index contributed by atoms with van der Waals surface area (Å²) in [6.07, 6.45) is 5.67. The average molecular weight is 240 g/mol. The third-order valence-corrected chi connectivity index (χ3v) is 3.91. The van der Waals surface area contributed by atoms with Crippen LogP contribution in [0.3, 0.4) is 0 Å². The molecule has 4 atom stereocenters. The Morgan fingerprint density at radius 1 is 1.35 bits per heavy atom. The van der Waals surface area contributed by atoms with Crippen LogP contribution in [0.4, 0.5) is 0 Å². The molecule has 0 aromatic rings. The lowest BCUT2D eigenvalue weighted by molar-refractivity contribution is -0.141. The van der Waals surface area contributed by atoms with Crippen molar-refractivity contribution in [3.8, 4) is 0 Å². The van der Waals surface area contributed by atoms with Gasteiger partial charge in [-0.2, -0.15) is 0 Å². The van der Waals surface area contributed by atoms with Gasteiger partial charge in [0.1, 0.15) is 6.04 Å². The van der Waals surface area contributed by atoms with Crippen molar-refractivity contribution in [1.82, 2.24) is 10.6 Å². The van der Waals surface area contributed by atoms with Gasteiger partial charge in [-0.15, -0.1) is 0 Å². The molecule has 5 nitrogen and oxygen atoms in total. The number of aliphatic carboxylic acids is 1. The largest absolute Gasteiger partial charge is 0.480 e. The van der Waals surface area contributed by atoms with Gasteiger partial charge in [0.25, 0.3) is 0 Å². The first-order valence-electron chi connectivity index (χ1n) is 6.37. The van der Waals surface area contributed by atoms with Gasteiger partial charge < -0.3 is 15.7 Å². The lowest BCUT2D eigenvalue weighted by Crippen LogP contribution is -2.48. The van der Waals surface area contributed by atoms with Gasteiger partial charge in [0, 0.05) is 6.04 Å². The maximum atomic E-state index is 11.9. The van der Waals surface area contributed by atoms with Crippen molar-refractivity contribution >= 4 is 11.9 Å². The SMILES string of the molecule is CC(NC(=O)C1CC2CCCCC2N1)C(=O)O. The van der Waals surface area contributed by atoms with Crippen LogP contribution in [-0.4, -0.2) is 35.1 Å². The van der Waals surface area contributed by atoms with Crippen molar-refractivity contribution in [2.75, 3.05) is 0 Å². The molecule has 0 bridgehead atoms. The van der Waals surface area contributed by atoms with E-state index in [0.717, 1.165) is 12.8 Å². The highest BCUT2D eigenvalue weighted by Crippen LogP contribution is 2.33. The van der Waals surface area contributed by atoms with Crippen LogP contribution < -0.4 is 10.6 Å². The zero-order valence-electron chi connectivity index (χ0n) is 10.1. The van der Waals surface area contributed by atoms with Crippen LogP contribution in [-0.2, 0) is 9.59 Å². The van der Waals surface area contributed by atoms with Crippen molar-refractivity contribution in [2.24, 2.45) is 5.92 Å². The summed E-state index contributed by atoms with van der Waals surface area (Å²) in [5, 5.41) is 14.6. The molecule has 3 N–H and O–H groups in total. The molecule has 17 heavy (non-hydrogen) atoms. The second-order valence-electron chi connectivity index (χ2n) is 5.17. The molecule has 1 aliphatic heterocycles. The molecule has 96 valence electrons. The van der Waals surface area contributed by atoms with Crippen LogP contribution in [0.5, 0.6) is 0 Å². The van der Waals surface area contributed by atoms with E-state index < -0.39 is 12.0 Å². The highest BCUT2D eigenvalue weighted by Gasteiger charge is 2.38. The first-order valence-corrected chi connectivity index (χ1v) is 6.37. The van der Waals surface area contributed by atoms with Crippen molar-refractivity contribution < 1.29 is 14.7 Å². The molecule has 2 fully saturated rings. The predicted molar refractivity (Wildman–Crippen MR) is 62.5 cm³/mol. The van der Waals surface area contributed by atoms with Gasteiger partial charge in [0.05, 0.1) is 6.04 Å². The molecule has 0 aromatic carbocycles. The Morgan fingerprint density at radius 2 is 2.06 bits per heavy atom. The normalized spacial score (nSPS) is 33.8. The highest BCUT2D eigenvalue weighted by molar-refractivity contribution is 5.87. The molecule has 1 saturated heterocycles. The number of carboxylic acid groups (broad SMARTS) is 1. The minimum Gasteiger partial charge on any atom is -0.480 e. The number of amides is 1. The number of carbonyl (C=O) groups is 2. The fourth-order valence-corrected chi connectivity index (χ4v) is 2.90. The van der Waals surface area contributed by atoms with Crippen LogP contribution in [0, 0.1) is 5.92 Å². The van der Waals surface area contributed by atoms with E-state index in [1.165, 1.54) is 26.2 Å². The predicted octanol–water partition coefficient (Wildman–Crippen LogP) is 0.496. The molecule has 0 spiro atoms. The van der Waals surface area contributed by atoms with Crippen LogP contribution in [0.15, 0.2) is 0 Å². The molecule has 0 radical (unpaired) electrons. The molecule has 1 saturated carbocycles. The topological polar surface area (TPSA) is 78.4 Å². The van der Waals surface area contributed by atoms with Gasteiger partial charge in [-0.25, -0.2) is 0 Å². The Hall–Kier alpha value is -1.10. The number of hydrogen-bond acceptors (Lipinski definition) is 3. The third kappa shape index (κ3) is 2.77. The van der Waals surface area contributed by atoms with E-state index in [1.54, 1.807) is 0 Å². The van der Waals surface area contributed by atoms with Crippen LogP contribution in [0.1, 0.15) is 39.0 Å². The van der Waals surface area contributed by atoms with Crippen molar-refractivity contribution in [2.45, 2.75) is 57.2 Å². The summed E-state index contributed by atoms with van der Waals surface area (Å²) in [4.78, 5) is 22.5. The van der Waals surface area contributed by atoms with Gasteiger partial charge in [0.2, 0.25) is 5.91 Å². The highest BCUT2D eigenvalue weighted by atomic mass is 16.4. The molecule has 1 amide bonds. The average Bonchev–Trinajstić information content (AvgIpc) is 2.72. The number of carbonyl (C=O) groups excluding carboxylic acids is 1. The van der Waals surface area contributed by atoms with Gasteiger partial charge in [-0.05, 0) is 32.1 Å². The van der Waals surface area contributed by atoms with E-state index in [-0.39, 0.29) is 11.9 Å². The van der Waals surface area contributed by atoms with Crippen molar-refractivity contribution in [3.05, 3.63) is 0 Å². The zero-order chi connectivity index (χ0) is 12.4. The summed E-state index contributed by atoms with van der Waals surface area (Å²) in [7, 11) is 0. The molecule has 4 unspecified atom stereocenters. The maximum absolute atomic E-state index is 11.9. The van der Waals surface area contributed by atoms with Crippen LogP contribution >= 0.6 is 0 Å². The molecular weight excluding hydrogens is 220 g/mol. The molecule has 5 heteroatoms. The molecule has 1 aliphatic carbocycles. The minimum absolute atomic E-state index is 0.172. The number of fused-ring (bicyclic) bond motifs is 1. The smallest absolute Gasteiger partial charge is 0.325 e. The lowest BCUT2D eigenvalue weighted by Gasteiger charge is -2.24. The Kier molecular flexibility index (Phi) is 3.66. The van der Waals surface area contributed by atoms with Crippen molar-refractivity contribution in [1.29, 1.82) is 0 Å². The Labute approximate surface area is 101 Å². The van der Waals surface area contributed by atoms with E-state index in [9.17, 15) is 9.59 Å². The second kappa shape index (κ2) is 5.04. The summed E-state index contributed by atoms with van der Waals surface area (Å²) < 4.78 is 0. The zero-order valence-corrected chi connectivity index (χ0v) is 10.1. The number of carboxylic acids is 1. The monoisotopic (exact) mass is 240 g/mol. The number of nitrogens with one attached hydrogen (secondary N) is 2. The van der Waals surface area contributed by atoms with E-state index in [0.29, 0.717) is 12.0 Å². The standard InChI is InChI=1S/C12H20N2O3/c1-7(12(16)17)13-11(15)10-6-8-4-2-3-5-9(8)14-10/h7-10,14H,2-6H2,1H3,(H,13,15)(H,16,17). The van der Waals surface area contributed by atoms with Gasteiger partial charge in [0.15, 0.2) is 0 Å². The lowest BCUT2D eigenvalue weighted by atomic mass is 9.85. The van der Waals surface area contributed by atoms with E-state index >= 15 is 0 Å². The molecule has 0 aromatic heterocycles. The first-order chi connectivity index (χ1) is 8.08. The molecule has 2 rings (SSSR count). The number of rotatable bonds is 3. The van der Waals surface area contributed by atoms with Gasteiger partial charge >= 0.3 is 5.97 Å². The first kappa shape index (κ1) is 12.4. The third-order valence-electron chi connectivity index (χ3n) is 3.91. The van der Waals surface area contributed by atoms with Crippen molar-refractivity contribution in [3.63, 3.8) is 0 Å². The summed E-state index contributed by atoms with van der Waals surface area (Å²) in [5.74, 6) is -0.567. The molecular formula is C12H20N2O3. The Balaban J connectivity index is 1.87. The van der Waals surface area contributed by atoms with E-state index in [2.05, 4.69) is 10.6 Å². The van der Waals surface area contributed by atoms with Gasteiger partial charge in [-0.1, -0.05) is 12.8 Å². The summed E-state index contributed by atoms with van der Waals surface area (Å²) in [6.45, 7) is 1.49.